The summed E-state index contributed by atoms with van der Waals surface area (Å²) in [6.45, 7) is 1.01. The molecule has 0 saturated carbocycles. The third-order valence-corrected chi connectivity index (χ3v) is 6.96. The summed E-state index contributed by atoms with van der Waals surface area (Å²) in [4.78, 5) is 26.9. The number of β-amino-alcohol motifs (C(OH)–C–C–N with tert-alkyl or cyclic N) is 1. The molecule has 1 N–H and O–H groups in total. The number of cyclic esters (lactones) is 1. The predicted molar refractivity (Wildman–Crippen MR) is 120 cm³/mol. The normalized spacial score (nSPS) is 25.4. The van der Waals surface area contributed by atoms with E-state index in [1.54, 1.807) is 18.2 Å². The van der Waals surface area contributed by atoms with Gasteiger partial charge in [0, 0.05) is 28.7 Å². The number of carbonyl (C=O) groups is 2. The molecule has 2 aliphatic heterocycles. The van der Waals surface area contributed by atoms with Gasteiger partial charge in [-0.2, -0.15) is 0 Å². The predicted octanol–water partition coefficient (Wildman–Crippen LogP) is 4.24. The summed E-state index contributed by atoms with van der Waals surface area (Å²) in [7, 11) is 0. The minimum Gasteiger partial charge on any atom is -0.482 e. The molecule has 5 rings (SSSR count). The summed E-state index contributed by atoms with van der Waals surface area (Å²) in [5.41, 5.74) is 2.16. The molecule has 0 bridgehead atoms. The van der Waals surface area contributed by atoms with Crippen LogP contribution >= 0.6 is 34.8 Å². The van der Waals surface area contributed by atoms with E-state index in [2.05, 4.69) is 4.90 Å². The largest absolute Gasteiger partial charge is 0.482 e. The molecule has 3 aliphatic rings. The molecule has 0 aromatic heterocycles. The van der Waals surface area contributed by atoms with E-state index < -0.39 is 18.1 Å². The molecule has 2 heterocycles. The molecule has 0 spiro atoms. The average molecular weight is 498 g/mol. The third kappa shape index (κ3) is 3.82. The Kier molecular flexibility index (Phi) is 5.72. The molecule has 32 heavy (non-hydrogen) atoms. The highest BCUT2D eigenvalue weighted by Gasteiger charge is 2.42. The first-order valence-electron chi connectivity index (χ1n) is 10.2. The minimum atomic E-state index is -0.735. The third-order valence-electron chi connectivity index (χ3n) is 6.11. The lowest BCUT2D eigenvalue weighted by Crippen LogP contribution is -2.39. The van der Waals surface area contributed by atoms with E-state index >= 15 is 0 Å². The molecule has 1 unspecified atom stereocenters. The Morgan fingerprint density at radius 3 is 2.56 bits per heavy atom. The first-order chi connectivity index (χ1) is 15.3. The molecule has 3 atom stereocenters. The maximum absolute atomic E-state index is 11.9. The summed E-state index contributed by atoms with van der Waals surface area (Å²) in [6.07, 6.45) is -0.163. The first kappa shape index (κ1) is 21.8. The van der Waals surface area contributed by atoms with Crippen molar-refractivity contribution in [2.24, 2.45) is 0 Å². The van der Waals surface area contributed by atoms with Gasteiger partial charge in [0.05, 0.1) is 22.9 Å². The number of anilines is 1. The second-order valence-electron chi connectivity index (χ2n) is 8.10. The number of imide groups is 1. The van der Waals surface area contributed by atoms with Gasteiger partial charge in [0.1, 0.15) is 11.9 Å². The summed E-state index contributed by atoms with van der Waals surface area (Å²) >= 11 is 19.2. The number of hydrogen-bond acceptors (Lipinski definition) is 6. The molecule has 1 aliphatic carbocycles. The quantitative estimate of drug-likeness (QED) is 0.681. The number of ether oxygens (including phenoxy) is 2. The Balaban J connectivity index is 1.47. The second kappa shape index (κ2) is 8.39. The zero-order valence-electron chi connectivity index (χ0n) is 16.8. The Morgan fingerprint density at radius 1 is 1.09 bits per heavy atom. The maximum atomic E-state index is 11.9. The Labute approximate surface area is 199 Å². The lowest BCUT2D eigenvalue weighted by atomic mass is 10.1. The molecular formula is C22H19Cl3N2O5. The van der Waals surface area contributed by atoms with Crippen LogP contribution in [0.15, 0.2) is 30.3 Å². The van der Waals surface area contributed by atoms with Gasteiger partial charge in [-0.1, -0.05) is 34.8 Å². The van der Waals surface area contributed by atoms with E-state index in [1.165, 1.54) is 6.07 Å². The van der Waals surface area contributed by atoms with E-state index in [-0.39, 0.29) is 23.8 Å². The maximum Gasteiger partial charge on any atom is 0.421 e. The van der Waals surface area contributed by atoms with Crippen molar-refractivity contribution in [1.82, 2.24) is 4.90 Å². The standard InChI is InChI=1S/C22H19Cl3N2O5/c23-11-5-15-14(16(24)6-11)8-18(26-4-3-13(28)9-26)21(15)32-19-2-1-12(7-17(19)25)27-20(29)10-31-22(27)30/h1-2,5-7,13,18,21,28H,3-4,8-10H2/t13?,18-,21-/m0/s1. The smallest absolute Gasteiger partial charge is 0.421 e. The van der Waals surface area contributed by atoms with Crippen molar-refractivity contribution < 1.29 is 24.2 Å². The number of rotatable bonds is 4. The Bertz CT molecular complexity index is 1100. The highest BCUT2D eigenvalue weighted by Crippen LogP contribution is 2.44. The first-order valence-corrected chi connectivity index (χ1v) is 11.3. The number of fused-ring (bicyclic) bond motifs is 1. The van der Waals surface area contributed by atoms with Crippen molar-refractivity contribution in [1.29, 1.82) is 0 Å². The van der Waals surface area contributed by atoms with Gasteiger partial charge in [-0.25, -0.2) is 9.69 Å². The fourth-order valence-electron chi connectivity index (χ4n) is 4.61. The van der Waals surface area contributed by atoms with Crippen molar-refractivity contribution >= 4 is 52.5 Å². The van der Waals surface area contributed by atoms with Crippen LogP contribution in [0.2, 0.25) is 15.1 Å². The van der Waals surface area contributed by atoms with Crippen LogP contribution in [0.25, 0.3) is 0 Å². The van der Waals surface area contributed by atoms with Gasteiger partial charge in [0.2, 0.25) is 0 Å². The molecule has 2 aromatic rings. The molecule has 2 amide bonds. The number of carbonyl (C=O) groups excluding carboxylic acids is 2. The zero-order chi connectivity index (χ0) is 22.6. The Morgan fingerprint density at radius 2 is 1.91 bits per heavy atom. The van der Waals surface area contributed by atoms with Crippen LogP contribution in [0.1, 0.15) is 23.7 Å². The summed E-state index contributed by atoms with van der Waals surface area (Å²) in [5.74, 6) is -0.0597. The molecule has 2 saturated heterocycles. The van der Waals surface area contributed by atoms with E-state index in [0.717, 1.165) is 22.6 Å². The number of amides is 2. The van der Waals surface area contributed by atoms with Crippen LogP contribution in [-0.4, -0.2) is 53.8 Å². The van der Waals surface area contributed by atoms with Gasteiger partial charge in [-0.05, 0) is 48.7 Å². The van der Waals surface area contributed by atoms with E-state index in [0.29, 0.717) is 40.9 Å². The molecule has 2 fully saturated rings. The van der Waals surface area contributed by atoms with Crippen molar-refractivity contribution in [3.05, 3.63) is 56.5 Å². The molecule has 2 aromatic carbocycles. The van der Waals surface area contributed by atoms with Crippen molar-refractivity contribution in [2.75, 3.05) is 24.6 Å². The van der Waals surface area contributed by atoms with Gasteiger partial charge >= 0.3 is 6.09 Å². The van der Waals surface area contributed by atoms with Gasteiger partial charge in [0.25, 0.3) is 5.91 Å². The number of nitrogens with zero attached hydrogens (tertiary/aromatic N) is 2. The van der Waals surface area contributed by atoms with Gasteiger partial charge < -0.3 is 14.6 Å². The van der Waals surface area contributed by atoms with Crippen molar-refractivity contribution in [3.8, 4) is 5.75 Å². The highest BCUT2D eigenvalue weighted by atomic mass is 35.5. The SMILES string of the molecule is O=C1COC(=O)N1c1ccc(O[C@H]2c3cc(Cl)cc(Cl)c3C[C@@H]2N2CCC(O)C2)c(Cl)c1. The number of aliphatic hydroxyl groups is 1. The molecule has 7 nitrogen and oxygen atoms in total. The van der Waals surface area contributed by atoms with E-state index in [1.807, 2.05) is 6.07 Å². The molecule has 0 radical (unpaired) electrons. The number of likely N-dealkylation sites (tertiary alicyclic amines) is 1. The van der Waals surface area contributed by atoms with Crippen molar-refractivity contribution in [3.63, 3.8) is 0 Å². The van der Waals surface area contributed by atoms with Crippen molar-refractivity contribution in [2.45, 2.75) is 31.1 Å². The van der Waals surface area contributed by atoms with Crippen LogP contribution in [0.3, 0.4) is 0 Å². The Hall–Kier alpha value is -2.03. The summed E-state index contributed by atoms with van der Waals surface area (Å²) < 4.78 is 11.1. The van der Waals surface area contributed by atoms with Crippen LogP contribution in [0.5, 0.6) is 5.75 Å². The van der Waals surface area contributed by atoms with Crippen LogP contribution in [0, 0.1) is 0 Å². The van der Waals surface area contributed by atoms with Crippen LogP contribution in [0.4, 0.5) is 10.5 Å². The van der Waals surface area contributed by atoms with Gasteiger partial charge in [0.15, 0.2) is 6.61 Å². The van der Waals surface area contributed by atoms with Crippen LogP contribution in [-0.2, 0) is 16.0 Å². The number of hydrogen-bond donors (Lipinski definition) is 1. The minimum absolute atomic E-state index is 0.0519. The van der Waals surface area contributed by atoms with E-state index in [4.69, 9.17) is 44.3 Å². The monoisotopic (exact) mass is 496 g/mol. The fourth-order valence-corrected chi connectivity index (χ4v) is 5.42. The average Bonchev–Trinajstić information content (AvgIpc) is 3.41. The number of aliphatic hydroxyl groups excluding tert-OH is 1. The fraction of sp³-hybridized carbons (Fsp3) is 0.364. The van der Waals surface area contributed by atoms with E-state index in [9.17, 15) is 14.7 Å². The van der Waals surface area contributed by atoms with Crippen LogP contribution < -0.4 is 9.64 Å². The summed E-state index contributed by atoms with van der Waals surface area (Å²) in [5, 5.41) is 11.4. The molecule has 168 valence electrons. The molecular weight excluding hydrogens is 479 g/mol. The zero-order valence-corrected chi connectivity index (χ0v) is 19.0. The number of halogens is 3. The second-order valence-corrected chi connectivity index (χ2v) is 9.35. The molecule has 10 heteroatoms. The van der Waals surface area contributed by atoms with Gasteiger partial charge in [-0.3, -0.25) is 9.69 Å². The number of benzene rings is 2. The lowest BCUT2D eigenvalue weighted by molar-refractivity contribution is -0.117. The summed E-state index contributed by atoms with van der Waals surface area (Å²) in [6, 6.07) is 8.22. The lowest BCUT2D eigenvalue weighted by Gasteiger charge is -2.30. The van der Waals surface area contributed by atoms with Gasteiger partial charge in [-0.15, -0.1) is 0 Å². The topological polar surface area (TPSA) is 79.3 Å². The highest BCUT2D eigenvalue weighted by molar-refractivity contribution is 6.35.